The predicted molar refractivity (Wildman–Crippen MR) is 72.2 cm³/mol. The Bertz CT molecular complexity index is 623. The number of hydrogen-bond donors (Lipinski definition) is 1. The van der Waals surface area contributed by atoms with E-state index in [9.17, 15) is 4.79 Å². The highest BCUT2D eigenvalue weighted by Crippen LogP contribution is 2.19. The number of hydrogen-bond acceptors (Lipinski definition) is 3. The third-order valence-corrected chi connectivity index (χ3v) is 2.85. The minimum Gasteiger partial charge on any atom is -0.478 e. The van der Waals surface area contributed by atoms with Crippen LogP contribution >= 0.6 is 0 Å². The van der Waals surface area contributed by atoms with E-state index in [1.807, 2.05) is 32.4 Å². The highest BCUT2D eigenvalue weighted by Gasteiger charge is 2.15. The normalized spacial score (nSPS) is 12.0. The van der Waals surface area contributed by atoms with Crippen molar-refractivity contribution in [3.63, 3.8) is 0 Å². The summed E-state index contributed by atoms with van der Waals surface area (Å²) in [5, 5.41) is 8.97. The van der Waals surface area contributed by atoms with Crippen molar-refractivity contribution in [2.75, 3.05) is 0 Å². The Morgan fingerprint density at radius 3 is 2.68 bits per heavy atom. The van der Waals surface area contributed by atoms with Crippen LogP contribution in [0.3, 0.4) is 0 Å². The first-order valence-corrected chi connectivity index (χ1v) is 6.10. The summed E-state index contributed by atoms with van der Waals surface area (Å²) in [6.45, 7) is 6.35. The zero-order valence-corrected chi connectivity index (χ0v) is 11.6. The summed E-state index contributed by atoms with van der Waals surface area (Å²) in [5.74, 6) is -0.160. The number of carboxylic acids is 1. The van der Waals surface area contributed by atoms with Crippen molar-refractivity contribution < 1.29 is 14.6 Å². The van der Waals surface area contributed by atoms with Gasteiger partial charge in [0.15, 0.2) is 0 Å². The van der Waals surface area contributed by atoms with Crippen molar-refractivity contribution in [1.29, 1.82) is 0 Å². The monoisotopic (exact) mass is 262 g/mol. The van der Waals surface area contributed by atoms with Gasteiger partial charge in [-0.3, -0.25) is 0 Å². The Kier molecular flexibility index (Phi) is 3.32. The molecule has 102 valence electrons. The number of carbonyl (C=O) groups is 1. The summed E-state index contributed by atoms with van der Waals surface area (Å²) >= 11 is 0. The molecule has 0 aliphatic heterocycles. The Balaban J connectivity index is 2.36. The number of fused-ring (bicyclic) bond motifs is 1. The molecule has 0 unspecified atom stereocenters. The van der Waals surface area contributed by atoms with Crippen LogP contribution in [0.4, 0.5) is 0 Å². The summed E-state index contributed by atoms with van der Waals surface area (Å²) in [7, 11) is 1.90. The molecular formula is C14H18N2O3. The Morgan fingerprint density at radius 1 is 1.42 bits per heavy atom. The second-order valence-electron chi connectivity index (χ2n) is 5.50. The fourth-order valence-corrected chi connectivity index (χ4v) is 1.79. The van der Waals surface area contributed by atoms with Crippen LogP contribution in [-0.2, 0) is 18.4 Å². The van der Waals surface area contributed by atoms with Crippen LogP contribution in [0.5, 0.6) is 0 Å². The molecule has 5 heteroatoms. The van der Waals surface area contributed by atoms with Crippen molar-refractivity contribution >= 4 is 17.0 Å². The van der Waals surface area contributed by atoms with Crippen LogP contribution in [0.1, 0.15) is 37.0 Å². The summed E-state index contributed by atoms with van der Waals surface area (Å²) in [6, 6.07) is 4.94. The quantitative estimate of drug-likeness (QED) is 0.923. The first kappa shape index (κ1) is 13.5. The summed E-state index contributed by atoms with van der Waals surface area (Å²) in [6.07, 6.45) is 0. The van der Waals surface area contributed by atoms with E-state index in [2.05, 4.69) is 4.98 Å². The summed E-state index contributed by atoms with van der Waals surface area (Å²) < 4.78 is 7.63. The van der Waals surface area contributed by atoms with Gasteiger partial charge in [0, 0.05) is 7.05 Å². The van der Waals surface area contributed by atoms with Crippen LogP contribution in [0.15, 0.2) is 18.2 Å². The van der Waals surface area contributed by atoms with Gasteiger partial charge < -0.3 is 14.4 Å². The van der Waals surface area contributed by atoms with E-state index in [-0.39, 0.29) is 11.2 Å². The number of aromatic carboxylic acids is 1. The first-order valence-electron chi connectivity index (χ1n) is 6.10. The molecule has 2 rings (SSSR count). The molecule has 0 spiro atoms. The van der Waals surface area contributed by atoms with Crippen molar-refractivity contribution in [3.05, 3.63) is 29.6 Å². The van der Waals surface area contributed by atoms with E-state index in [1.54, 1.807) is 18.2 Å². The van der Waals surface area contributed by atoms with E-state index >= 15 is 0 Å². The van der Waals surface area contributed by atoms with Gasteiger partial charge in [-0.25, -0.2) is 9.78 Å². The zero-order chi connectivity index (χ0) is 14.2. The van der Waals surface area contributed by atoms with Crippen molar-refractivity contribution in [2.24, 2.45) is 7.05 Å². The minimum absolute atomic E-state index is 0.232. The van der Waals surface area contributed by atoms with Crippen LogP contribution in [0.2, 0.25) is 0 Å². The molecular weight excluding hydrogens is 244 g/mol. The molecule has 0 atom stereocenters. The third kappa shape index (κ3) is 2.93. The Morgan fingerprint density at radius 2 is 2.11 bits per heavy atom. The van der Waals surface area contributed by atoms with Gasteiger partial charge in [0.2, 0.25) is 0 Å². The topological polar surface area (TPSA) is 64.4 Å². The molecule has 0 aliphatic carbocycles. The summed E-state index contributed by atoms with van der Waals surface area (Å²) in [4.78, 5) is 15.4. The predicted octanol–water partition coefficient (Wildman–Crippen LogP) is 2.59. The molecule has 5 nitrogen and oxygen atoms in total. The molecule has 1 aromatic carbocycles. The van der Waals surface area contributed by atoms with Crippen molar-refractivity contribution in [3.8, 4) is 0 Å². The lowest BCUT2D eigenvalue weighted by atomic mass is 10.2. The molecule has 0 saturated heterocycles. The Hall–Kier alpha value is -1.88. The van der Waals surface area contributed by atoms with E-state index in [4.69, 9.17) is 9.84 Å². The van der Waals surface area contributed by atoms with E-state index in [1.165, 1.54) is 0 Å². The van der Waals surface area contributed by atoms with Gasteiger partial charge in [0.1, 0.15) is 12.4 Å². The molecule has 0 bridgehead atoms. The molecule has 0 amide bonds. The zero-order valence-electron chi connectivity index (χ0n) is 11.6. The Labute approximate surface area is 111 Å². The summed E-state index contributed by atoms with van der Waals surface area (Å²) in [5.41, 5.74) is 1.59. The standard InChI is InChI=1S/C14H18N2O3/c1-14(2,3)19-8-12-15-10-7-9(13(17)18)5-6-11(10)16(12)4/h5-7H,8H2,1-4H3,(H,17,18). The number of aromatic nitrogens is 2. The number of imidazole rings is 1. The number of aryl methyl sites for hydroxylation is 1. The van der Waals surface area contributed by atoms with Gasteiger partial charge in [-0.2, -0.15) is 0 Å². The molecule has 1 aromatic heterocycles. The van der Waals surface area contributed by atoms with Gasteiger partial charge in [0.05, 0.1) is 22.2 Å². The second kappa shape index (κ2) is 4.66. The van der Waals surface area contributed by atoms with Crippen LogP contribution in [0, 0.1) is 0 Å². The van der Waals surface area contributed by atoms with Gasteiger partial charge in [-0.15, -0.1) is 0 Å². The minimum atomic E-state index is -0.944. The van der Waals surface area contributed by atoms with E-state index in [0.717, 1.165) is 11.3 Å². The largest absolute Gasteiger partial charge is 0.478 e. The van der Waals surface area contributed by atoms with Crippen LogP contribution in [0.25, 0.3) is 11.0 Å². The highest BCUT2D eigenvalue weighted by molar-refractivity contribution is 5.92. The lowest BCUT2D eigenvalue weighted by Gasteiger charge is -2.19. The molecule has 0 saturated carbocycles. The first-order chi connectivity index (χ1) is 8.78. The van der Waals surface area contributed by atoms with Crippen LogP contribution in [-0.4, -0.2) is 26.2 Å². The van der Waals surface area contributed by atoms with Crippen molar-refractivity contribution in [1.82, 2.24) is 9.55 Å². The van der Waals surface area contributed by atoms with Gasteiger partial charge >= 0.3 is 5.97 Å². The smallest absolute Gasteiger partial charge is 0.335 e. The number of ether oxygens (including phenoxy) is 1. The lowest BCUT2D eigenvalue weighted by molar-refractivity contribution is -0.0188. The molecule has 1 heterocycles. The highest BCUT2D eigenvalue weighted by atomic mass is 16.5. The maximum atomic E-state index is 10.9. The molecule has 0 fully saturated rings. The average molecular weight is 262 g/mol. The van der Waals surface area contributed by atoms with Gasteiger partial charge in [-0.05, 0) is 39.0 Å². The van der Waals surface area contributed by atoms with Crippen LogP contribution < -0.4 is 0 Å². The molecule has 0 radical (unpaired) electrons. The fourth-order valence-electron chi connectivity index (χ4n) is 1.79. The second-order valence-corrected chi connectivity index (χ2v) is 5.50. The number of benzene rings is 1. The fraction of sp³-hybridized carbons (Fsp3) is 0.429. The van der Waals surface area contributed by atoms with E-state index in [0.29, 0.717) is 12.1 Å². The average Bonchev–Trinajstić information content (AvgIpc) is 2.62. The number of nitrogens with zero attached hydrogens (tertiary/aromatic N) is 2. The lowest BCUT2D eigenvalue weighted by Crippen LogP contribution is -2.19. The van der Waals surface area contributed by atoms with Crippen molar-refractivity contribution in [2.45, 2.75) is 33.0 Å². The SMILES string of the molecule is Cn1c(COC(C)(C)C)nc2cc(C(=O)O)ccc21. The molecule has 0 aliphatic rings. The van der Waals surface area contributed by atoms with E-state index < -0.39 is 5.97 Å². The maximum Gasteiger partial charge on any atom is 0.335 e. The number of carboxylic acid groups (broad SMARTS) is 1. The molecule has 19 heavy (non-hydrogen) atoms. The maximum absolute atomic E-state index is 10.9. The molecule has 2 aromatic rings. The molecule has 1 N–H and O–H groups in total. The van der Waals surface area contributed by atoms with Gasteiger partial charge in [0.25, 0.3) is 0 Å². The number of rotatable bonds is 3. The van der Waals surface area contributed by atoms with Gasteiger partial charge in [-0.1, -0.05) is 0 Å². The third-order valence-electron chi connectivity index (χ3n) is 2.85.